The minimum Gasteiger partial charge on any atom is -0.350 e. The van der Waals surface area contributed by atoms with Gasteiger partial charge in [0.2, 0.25) is 11.8 Å². The van der Waals surface area contributed by atoms with Gasteiger partial charge in [-0.1, -0.05) is 65.7 Å². The largest absolute Gasteiger partial charge is 0.350 e. The van der Waals surface area contributed by atoms with Gasteiger partial charge in [0.1, 0.15) is 6.04 Å². The van der Waals surface area contributed by atoms with Crippen LogP contribution in [0.2, 0.25) is 10.0 Å². The maximum Gasteiger partial charge on any atom is 0.243 e. The topological polar surface area (TPSA) is 49.4 Å². The number of nitrogens with one attached hydrogen (secondary N) is 1. The van der Waals surface area contributed by atoms with Crippen molar-refractivity contribution in [2.45, 2.75) is 63.1 Å². The number of thioether (sulfide) groups is 1. The summed E-state index contributed by atoms with van der Waals surface area (Å²) in [6.45, 7) is 6.17. The average Bonchev–Trinajstić information content (AvgIpc) is 2.85. The number of nitrogens with zero attached hydrogens (tertiary/aromatic N) is 1. The third kappa shape index (κ3) is 10.1. The van der Waals surface area contributed by atoms with Crippen molar-refractivity contribution >= 4 is 46.8 Å². The van der Waals surface area contributed by atoms with Gasteiger partial charge in [-0.15, -0.1) is 11.8 Å². The smallest absolute Gasteiger partial charge is 0.243 e. The number of amides is 2. The normalized spacial score (nSPS) is 12.1. The molecule has 4 nitrogen and oxygen atoms in total. The van der Waals surface area contributed by atoms with Crippen LogP contribution in [0.15, 0.2) is 83.8 Å². The summed E-state index contributed by atoms with van der Waals surface area (Å²) in [7, 11) is 0. The zero-order valence-electron chi connectivity index (χ0n) is 21.5. The maximum absolute atomic E-state index is 13.7. The van der Waals surface area contributed by atoms with Crippen molar-refractivity contribution in [3.8, 4) is 0 Å². The van der Waals surface area contributed by atoms with Gasteiger partial charge in [0, 0.05) is 39.9 Å². The molecular formula is C30H34Cl2N2O2S. The van der Waals surface area contributed by atoms with Gasteiger partial charge in [-0.2, -0.15) is 0 Å². The van der Waals surface area contributed by atoms with Gasteiger partial charge in [-0.3, -0.25) is 9.59 Å². The third-order valence-electron chi connectivity index (χ3n) is 5.65. The second-order valence-corrected chi connectivity index (χ2v) is 12.0. The molecule has 37 heavy (non-hydrogen) atoms. The number of halogens is 2. The highest BCUT2D eigenvalue weighted by Gasteiger charge is 2.32. The number of benzene rings is 3. The van der Waals surface area contributed by atoms with Gasteiger partial charge in [-0.05, 0) is 80.5 Å². The maximum atomic E-state index is 13.7. The molecule has 7 heteroatoms. The molecule has 0 spiro atoms. The van der Waals surface area contributed by atoms with Gasteiger partial charge in [0.05, 0.1) is 0 Å². The van der Waals surface area contributed by atoms with E-state index in [0.29, 0.717) is 35.9 Å². The van der Waals surface area contributed by atoms with Crippen molar-refractivity contribution in [2.24, 2.45) is 0 Å². The van der Waals surface area contributed by atoms with Crippen molar-refractivity contribution in [1.82, 2.24) is 10.2 Å². The van der Waals surface area contributed by atoms with E-state index in [9.17, 15) is 9.59 Å². The molecule has 0 saturated carbocycles. The minimum absolute atomic E-state index is 0.0448. The van der Waals surface area contributed by atoms with Crippen molar-refractivity contribution in [1.29, 1.82) is 0 Å². The summed E-state index contributed by atoms with van der Waals surface area (Å²) in [6, 6.07) is 24.3. The summed E-state index contributed by atoms with van der Waals surface area (Å²) < 4.78 is 0. The molecule has 1 atom stereocenters. The highest BCUT2D eigenvalue weighted by molar-refractivity contribution is 7.99. The zero-order valence-corrected chi connectivity index (χ0v) is 23.9. The van der Waals surface area contributed by atoms with Gasteiger partial charge in [0.15, 0.2) is 0 Å². The highest BCUT2D eigenvalue weighted by atomic mass is 35.5. The van der Waals surface area contributed by atoms with E-state index in [1.54, 1.807) is 16.7 Å². The van der Waals surface area contributed by atoms with Crippen molar-refractivity contribution in [3.05, 3.63) is 100 Å². The summed E-state index contributed by atoms with van der Waals surface area (Å²) in [5, 5.41) is 4.43. The van der Waals surface area contributed by atoms with E-state index in [2.05, 4.69) is 5.32 Å². The molecule has 3 aromatic rings. The average molecular weight is 558 g/mol. The van der Waals surface area contributed by atoms with E-state index in [4.69, 9.17) is 23.2 Å². The Morgan fingerprint density at radius 1 is 0.865 bits per heavy atom. The first-order valence-electron chi connectivity index (χ1n) is 12.4. The molecule has 0 bridgehead atoms. The molecule has 2 amide bonds. The van der Waals surface area contributed by atoms with E-state index in [-0.39, 0.29) is 11.8 Å². The van der Waals surface area contributed by atoms with E-state index >= 15 is 0 Å². The monoisotopic (exact) mass is 556 g/mol. The summed E-state index contributed by atoms with van der Waals surface area (Å²) in [6.07, 6.45) is 1.48. The lowest BCUT2D eigenvalue weighted by Crippen LogP contribution is -2.54. The summed E-state index contributed by atoms with van der Waals surface area (Å²) in [5.74, 6) is 0.588. The van der Waals surface area contributed by atoms with Gasteiger partial charge < -0.3 is 10.2 Å². The van der Waals surface area contributed by atoms with Crippen LogP contribution in [-0.2, 0) is 22.6 Å². The van der Waals surface area contributed by atoms with Crippen molar-refractivity contribution in [3.63, 3.8) is 0 Å². The molecule has 0 fully saturated rings. The molecule has 0 aromatic heterocycles. The van der Waals surface area contributed by atoms with Crippen molar-refractivity contribution in [2.75, 3.05) is 5.75 Å². The van der Waals surface area contributed by atoms with E-state index < -0.39 is 11.6 Å². The van der Waals surface area contributed by atoms with Crippen LogP contribution in [0.3, 0.4) is 0 Å². The van der Waals surface area contributed by atoms with Crippen LogP contribution in [-0.4, -0.2) is 34.0 Å². The Morgan fingerprint density at radius 2 is 1.46 bits per heavy atom. The molecule has 0 aliphatic heterocycles. The Hall–Kier alpha value is -2.47. The Kier molecular flexibility index (Phi) is 10.9. The molecular weight excluding hydrogens is 523 g/mol. The van der Waals surface area contributed by atoms with Crippen molar-refractivity contribution < 1.29 is 9.59 Å². The molecule has 0 radical (unpaired) electrons. The number of rotatable bonds is 11. The van der Waals surface area contributed by atoms with Crippen LogP contribution in [0.5, 0.6) is 0 Å². The van der Waals surface area contributed by atoms with Crippen LogP contribution in [0.1, 0.15) is 44.7 Å². The third-order valence-corrected chi connectivity index (χ3v) is 7.26. The SMILES string of the molecule is CC(C)(C)NC(=O)[C@@H](Cc1ccccc1)N(Cc1ccc(Cl)cc1)C(=O)CCCSc1ccc(Cl)cc1. The molecule has 3 rings (SSSR count). The van der Waals surface area contributed by atoms with Gasteiger partial charge in [0.25, 0.3) is 0 Å². The molecule has 0 unspecified atom stereocenters. The molecule has 3 aromatic carbocycles. The number of carbonyl (C=O) groups excluding carboxylic acids is 2. The summed E-state index contributed by atoms with van der Waals surface area (Å²) >= 11 is 13.8. The predicted molar refractivity (Wildman–Crippen MR) is 155 cm³/mol. The first-order chi connectivity index (χ1) is 17.6. The van der Waals surface area contributed by atoms with Crippen LogP contribution in [0.4, 0.5) is 0 Å². The number of carbonyl (C=O) groups is 2. The van der Waals surface area contributed by atoms with Crippen LogP contribution < -0.4 is 5.32 Å². The minimum atomic E-state index is -0.645. The molecule has 196 valence electrons. The molecule has 0 saturated heterocycles. The first kappa shape index (κ1) is 29.1. The fourth-order valence-electron chi connectivity index (χ4n) is 3.88. The molecule has 0 aliphatic rings. The fourth-order valence-corrected chi connectivity index (χ4v) is 4.99. The molecule has 0 heterocycles. The molecule has 0 aliphatic carbocycles. The zero-order chi connectivity index (χ0) is 26.8. The van der Waals surface area contributed by atoms with Crippen LogP contribution >= 0.6 is 35.0 Å². The Morgan fingerprint density at radius 3 is 2.05 bits per heavy atom. The van der Waals surface area contributed by atoms with Crippen LogP contribution in [0, 0.1) is 0 Å². The lowest BCUT2D eigenvalue weighted by atomic mass is 10.00. The number of hydrogen-bond donors (Lipinski definition) is 1. The quantitative estimate of drug-likeness (QED) is 0.197. The lowest BCUT2D eigenvalue weighted by Gasteiger charge is -2.34. The number of hydrogen-bond acceptors (Lipinski definition) is 3. The van der Waals surface area contributed by atoms with Crippen LogP contribution in [0.25, 0.3) is 0 Å². The van der Waals surface area contributed by atoms with E-state index in [1.807, 2.05) is 99.6 Å². The van der Waals surface area contributed by atoms with E-state index in [0.717, 1.165) is 21.8 Å². The lowest BCUT2D eigenvalue weighted by molar-refractivity contribution is -0.142. The first-order valence-corrected chi connectivity index (χ1v) is 14.1. The Labute approximate surface area is 234 Å². The van der Waals surface area contributed by atoms with E-state index in [1.165, 1.54) is 0 Å². The van der Waals surface area contributed by atoms with Gasteiger partial charge in [-0.25, -0.2) is 0 Å². The summed E-state index contributed by atoms with van der Waals surface area (Å²) in [4.78, 5) is 30.1. The predicted octanol–water partition coefficient (Wildman–Crippen LogP) is 7.42. The highest BCUT2D eigenvalue weighted by Crippen LogP contribution is 2.23. The second-order valence-electron chi connectivity index (χ2n) is 10.00. The summed E-state index contributed by atoms with van der Waals surface area (Å²) in [5.41, 5.74) is 1.51. The molecule has 1 N–H and O–H groups in total. The Balaban J connectivity index is 1.80. The van der Waals surface area contributed by atoms with Gasteiger partial charge >= 0.3 is 0 Å². The standard InChI is InChI=1S/C30H34Cl2N2O2S/c1-30(2,3)33-29(36)27(20-22-8-5-4-6-9-22)34(21-23-11-13-24(31)14-12-23)28(35)10-7-19-37-26-17-15-25(32)16-18-26/h4-6,8-9,11-18,27H,7,10,19-21H2,1-3H3,(H,33,36)/t27-/m1/s1. The fraction of sp³-hybridized carbons (Fsp3) is 0.333. The Bertz CT molecular complexity index is 1150. The second kappa shape index (κ2) is 13.9.